The van der Waals surface area contributed by atoms with Crippen molar-refractivity contribution in [3.05, 3.63) is 131 Å². The molecule has 6 aromatic rings. The Bertz CT molecular complexity index is 1910. The molecule has 1 aliphatic rings. The molecule has 4 aromatic carbocycles. The Labute approximate surface area is 221 Å². The van der Waals surface area contributed by atoms with Gasteiger partial charge in [-0.1, -0.05) is 72.8 Å². The maximum Gasteiger partial charge on any atom is 0.264 e. The summed E-state index contributed by atoms with van der Waals surface area (Å²) >= 11 is 1.46. The van der Waals surface area contributed by atoms with Gasteiger partial charge in [-0.2, -0.15) is 0 Å². The van der Waals surface area contributed by atoms with Gasteiger partial charge < -0.3 is 0 Å². The first-order valence-electron chi connectivity index (χ1n) is 12.1. The van der Waals surface area contributed by atoms with Crippen LogP contribution in [0.1, 0.15) is 36.9 Å². The average molecular weight is 511 g/mol. The number of aromatic nitrogens is 2. The van der Waals surface area contributed by atoms with Crippen molar-refractivity contribution in [3.63, 3.8) is 0 Å². The third-order valence-corrected chi connectivity index (χ3v) is 7.87. The van der Waals surface area contributed by atoms with Gasteiger partial charge in [0.05, 0.1) is 11.1 Å². The summed E-state index contributed by atoms with van der Waals surface area (Å²) in [5.74, 6) is -0.733. The minimum Gasteiger partial charge on any atom is -0.288 e. The van der Waals surface area contributed by atoms with Crippen molar-refractivity contribution >= 4 is 56.0 Å². The van der Waals surface area contributed by atoms with Crippen molar-refractivity contribution in [1.82, 2.24) is 9.55 Å². The van der Waals surface area contributed by atoms with Crippen LogP contribution in [-0.4, -0.2) is 27.0 Å². The molecule has 0 N–H and O–H groups in total. The van der Waals surface area contributed by atoms with E-state index in [9.17, 15) is 14.4 Å². The second-order valence-corrected chi connectivity index (χ2v) is 10.1. The molecule has 180 valence electrons. The number of carbonyl (C=O) groups is 3. The van der Waals surface area contributed by atoms with Crippen molar-refractivity contribution in [1.29, 1.82) is 0 Å². The van der Waals surface area contributed by atoms with E-state index in [-0.39, 0.29) is 28.9 Å². The molecule has 0 spiro atoms. The zero-order valence-electron chi connectivity index (χ0n) is 19.9. The highest BCUT2D eigenvalue weighted by Gasteiger charge is 2.34. The van der Waals surface area contributed by atoms with Gasteiger partial charge in [0.25, 0.3) is 5.91 Å². The zero-order chi connectivity index (χ0) is 25.8. The van der Waals surface area contributed by atoms with Crippen LogP contribution in [0.4, 0.5) is 0 Å². The maximum absolute atomic E-state index is 13.7. The number of imidazole rings is 1. The fourth-order valence-corrected chi connectivity index (χ4v) is 5.95. The molecule has 0 radical (unpaired) electrons. The lowest BCUT2D eigenvalue weighted by Gasteiger charge is -2.06. The number of carbonyl (C=O) groups excluding carboxylic acids is 3. The number of thiophene rings is 1. The number of rotatable bonds is 3. The number of Topliss-reactive ketones (excluding diaryl/α,β-unsaturated/α-hetero) is 2. The molecule has 38 heavy (non-hydrogen) atoms. The number of ketones is 2. The van der Waals surface area contributed by atoms with Gasteiger partial charge in [-0.3, -0.25) is 19.0 Å². The molecule has 0 bridgehead atoms. The molecule has 6 heteroatoms. The van der Waals surface area contributed by atoms with Crippen LogP contribution >= 0.6 is 11.3 Å². The van der Waals surface area contributed by atoms with Gasteiger partial charge >= 0.3 is 0 Å². The summed E-state index contributed by atoms with van der Waals surface area (Å²) in [5, 5.41) is 1.78. The standard InChI is InChI=1S/C32H18N2O3S/c35-29-23-15-21-13-7-8-14-22(21)16-24(23)30(36)25(29)17-28-33-31-26(18-27(38-31)19-9-3-1-4-10-19)34(28)32(37)20-11-5-2-6-12-20/h1-18H. The van der Waals surface area contributed by atoms with E-state index in [2.05, 4.69) is 0 Å². The first-order valence-corrected chi connectivity index (χ1v) is 12.9. The van der Waals surface area contributed by atoms with E-state index in [0.717, 1.165) is 21.2 Å². The third-order valence-electron chi connectivity index (χ3n) is 6.80. The van der Waals surface area contributed by atoms with E-state index in [4.69, 9.17) is 4.98 Å². The highest BCUT2D eigenvalue weighted by atomic mass is 32.1. The molecule has 7 rings (SSSR count). The Kier molecular flexibility index (Phi) is 5.03. The highest BCUT2D eigenvalue weighted by Crippen LogP contribution is 2.36. The van der Waals surface area contributed by atoms with Gasteiger partial charge in [-0.15, -0.1) is 11.3 Å². The Morgan fingerprint density at radius 3 is 1.95 bits per heavy atom. The lowest BCUT2D eigenvalue weighted by molar-refractivity contribution is 0.0957. The normalized spacial score (nSPS) is 12.9. The first kappa shape index (κ1) is 22.3. The van der Waals surface area contributed by atoms with Gasteiger partial charge in [-0.25, -0.2) is 4.98 Å². The summed E-state index contributed by atoms with van der Waals surface area (Å²) in [7, 11) is 0. The van der Waals surface area contributed by atoms with Crippen LogP contribution in [0.5, 0.6) is 0 Å². The fraction of sp³-hybridized carbons (Fsp3) is 0. The monoisotopic (exact) mass is 510 g/mol. The topological polar surface area (TPSA) is 69.0 Å². The van der Waals surface area contributed by atoms with Crippen molar-refractivity contribution in [2.75, 3.05) is 0 Å². The molecule has 0 fully saturated rings. The molecule has 0 aliphatic heterocycles. The van der Waals surface area contributed by atoms with Crippen LogP contribution in [0, 0.1) is 0 Å². The predicted molar refractivity (Wildman–Crippen MR) is 150 cm³/mol. The second-order valence-electron chi connectivity index (χ2n) is 9.10. The Morgan fingerprint density at radius 1 is 0.737 bits per heavy atom. The minimum absolute atomic E-state index is 0.0124. The van der Waals surface area contributed by atoms with E-state index in [0.29, 0.717) is 27.0 Å². The Hall–Kier alpha value is -4.94. The fourth-order valence-electron chi connectivity index (χ4n) is 4.92. The zero-order valence-corrected chi connectivity index (χ0v) is 20.7. The molecule has 0 atom stereocenters. The number of fused-ring (bicyclic) bond motifs is 3. The molecule has 2 aromatic heterocycles. The van der Waals surface area contributed by atoms with Crippen LogP contribution < -0.4 is 0 Å². The third kappa shape index (κ3) is 3.46. The Balaban J connectivity index is 1.40. The molecule has 1 aliphatic carbocycles. The Morgan fingerprint density at radius 2 is 1.32 bits per heavy atom. The SMILES string of the molecule is O=C1C(=Cc2nc3sc(-c4ccccc4)cc3n2C(=O)c2ccccc2)C(=O)c2cc3ccccc3cc21. The molecular formula is C32H18N2O3S. The van der Waals surface area contributed by atoms with Crippen molar-refractivity contribution in [3.8, 4) is 10.4 Å². The molecule has 2 heterocycles. The van der Waals surface area contributed by atoms with Gasteiger partial charge in [0.2, 0.25) is 0 Å². The smallest absolute Gasteiger partial charge is 0.264 e. The van der Waals surface area contributed by atoms with E-state index in [1.807, 2.05) is 66.7 Å². The van der Waals surface area contributed by atoms with Crippen molar-refractivity contribution in [2.45, 2.75) is 0 Å². The van der Waals surface area contributed by atoms with Gasteiger partial charge in [0.15, 0.2) is 11.6 Å². The van der Waals surface area contributed by atoms with Crippen LogP contribution in [0.3, 0.4) is 0 Å². The minimum atomic E-state index is -0.356. The molecule has 5 nitrogen and oxygen atoms in total. The van der Waals surface area contributed by atoms with Gasteiger partial charge in [0, 0.05) is 21.6 Å². The quantitative estimate of drug-likeness (QED) is 0.189. The van der Waals surface area contributed by atoms with Crippen LogP contribution in [0.25, 0.3) is 37.6 Å². The molecular weight excluding hydrogens is 492 g/mol. The molecule has 0 saturated heterocycles. The first-order chi connectivity index (χ1) is 18.6. The van der Waals surface area contributed by atoms with Gasteiger partial charge in [0.1, 0.15) is 10.7 Å². The van der Waals surface area contributed by atoms with Crippen LogP contribution in [0.2, 0.25) is 0 Å². The summed E-state index contributed by atoms with van der Waals surface area (Å²) in [4.78, 5) is 46.9. The van der Waals surface area contributed by atoms with E-state index >= 15 is 0 Å². The number of allylic oxidation sites excluding steroid dienone is 1. The van der Waals surface area contributed by atoms with Crippen LogP contribution in [0.15, 0.2) is 109 Å². The lowest BCUT2D eigenvalue weighted by Crippen LogP contribution is -2.14. The predicted octanol–water partition coefficient (Wildman–Crippen LogP) is 7.07. The number of nitrogens with zero attached hydrogens (tertiary/aromatic N) is 2. The lowest BCUT2D eigenvalue weighted by atomic mass is 10.0. The summed E-state index contributed by atoms with van der Waals surface area (Å²) in [6.45, 7) is 0. The maximum atomic E-state index is 13.7. The average Bonchev–Trinajstić information content (AvgIpc) is 3.59. The molecule has 0 unspecified atom stereocenters. The largest absolute Gasteiger partial charge is 0.288 e. The van der Waals surface area contributed by atoms with Crippen LogP contribution in [-0.2, 0) is 0 Å². The summed E-state index contributed by atoms with van der Waals surface area (Å²) < 4.78 is 1.50. The number of benzene rings is 4. The van der Waals surface area contributed by atoms with E-state index < -0.39 is 0 Å². The highest BCUT2D eigenvalue weighted by molar-refractivity contribution is 7.21. The van der Waals surface area contributed by atoms with E-state index in [1.54, 1.807) is 36.4 Å². The summed E-state index contributed by atoms with van der Waals surface area (Å²) in [5.41, 5.74) is 2.91. The number of hydrogen-bond donors (Lipinski definition) is 0. The van der Waals surface area contributed by atoms with Gasteiger partial charge in [-0.05, 0) is 52.7 Å². The molecule has 0 amide bonds. The van der Waals surface area contributed by atoms with Crippen molar-refractivity contribution in [2.24, 2.45) is 0 Å². The van der Waals surface area contributed by atoms with E-state index in [1.165, 1.54) is 22.0 Å². The number of hydrogen-bond acceptors (Lipinski definition) is 5. The van der Waals surface area contributed by atoms with Crippen molar-refractivity contribution < 1.29 is 14.4 Å². The molecule has 0 saturated carbocycles. The second kappa shape index (κ2) is 8.57. The summed E-state index contributed by atoms with van der Waals surface area (Å²) in [6.07, 6.45) is 1.46. The summed E-state index contributed by atoms with van der Waals surface area (Å²) in [6, 6.07) is 31.9.